The minimum absolute atomic E-state index is 0.1000. The molecule has 1 N–H and O–H groups in total. The largest absolute Gasteiger partial charge is 0.481 e. The van der Waals surface area contributed by atoms with Crippen LogP contribution in [0.3, 0.4) is 0 Å². The van der Waals surface area contributed by atoms with E-state index in [1.165, 1.54) is 0 Å². The smallest absolute Gasteiger partial charge is 0.304 e. The quantitative estimate of drug-likeness (QED) is 0.749. The van der Waals surface area contributed by atoms with Crippen LogP contribution in [0.1, 0.15) is 12.0 Å². The second kappa shape index (κ2) is 7.17. The van der Waals surface area contributed by atoms with Crippen molar-refractivity contribution in [1.29, 1.82) is 0 Å². The van der Waals surface area contributed by atoms with Crippen LogP contribution in [-0.4, -0.2) is 16.5 Å². The van der Waals surface area contributed by atoms with E-state index in [2.05, 4.69) is 0 Å². The molecule has 2 aromatic rings. The number of halogens is 3. The third-order valence-electron chi connectivity index (χ3n) is 3.02. The van der Waals surface area contributed by atoms with Gasteiger partial charge in [0.2, 0.25) is 0 Å². The summed E-state index contributed by atoms with van der Waals surface area (Å²) >= 11 is 18.6. The highest BCUT2D eigenvalue weighted by molar-refractivity contribution is 6.39. The SMILES string of the molecule is O=C(O)CC(Cl)Cc1cc(Cl)c(-c2ccccc2)c(Cl)c1. The van der Waals surface area contributed by atoms with Gasteiger partial charge in [0.05, 0.1) is 16.5 Å². The Labute approximate surface area is 138 Å². The third-order valence-corrected chi connectivity index (χ3v) is 3.92. The van der Waals surface area contributed by atoms with E-state index in [1.807, 2.05) is 30.3 Å². The summed E-state index contributed by atoms with van der Waals surface area (Å²) in [5.41, 5.74) is 2.53. The lowest BCUT2D eigenvalue weighted by Crippen LogP contribution is -2.10. The zero-order chi connectivity index (χ0) is 15.4. The zero-order valence-electron chi connectivity index (χ0n) is 11.0. The van der Waals surface area contributed by atoms with Crippen molar-refractivity contribution < 1.29 is 9.90 Å². The average molecular weight is 344 g/mol. The van der Waals surface area contributed by atoms with Crippen LogP contribution >= 0.6 is 34.8 Å². The number of rotatable bonds is 5. The Morgan fingerprint density at radius 3 is 2.19 bits per heavy atom. The maximum Gasteiger partial charge on any atom is 0.304 e. The molecule has 1 atom stereocenters. The highest BCUT2D eigenvalue weighted by Gasteiger charge is 2.14. The molecule has 5 heteroatoms. The minimum Gasteiger partial charge on any atom is -0.481 e. The summed E-state index contributed by atoms with van der Waals surface area (Å²) in [4.78, 5) is 10.6. The first-order valence-corrected chi connectivity index (χ1v) is 7.56. The molecular formula is C16H13Cl3O2. The summed E-state index contributed by atoms with van der Waals surface area (Å²) in [5, 5.41) is 9.30. The van der Waals surface area contributed by atoms with Crippen LogP contribution in [0.25, 0.3) is 11.1 Å². The van der Waals surface area contributed by atoms with Gasteiger partial charge in [-0.25, -0.2) is 0 Å². The van der Waals surface area contributed by atoms with Gasteiger partial charge in [-0.15, -0.1) is 11.6 Å². The van der Waals surface area contributed by atoms with Crippen LogP contribution in [0.4, 0.5) is 0 Å². The van der Waals surface area contributed by atoms with Crippen LogP contribution in [0, 0.1) is 0 Å². The van der Waals surface area contributed by atoms with Crippen molar-refractivity contribution in [1.82, 2.24) is 0 Å². The fourth-order valence-corrected chi connectivity index (χ4v) is 3.20. The van der Waals surface area contributed by atoms with Gasteiger partial charge in [-0.3, -0.25) is 4.79 Å². The normalized spacial score (nSPS) is 12.1. The number of hydrogen-bond acceptors (Lipinski definition) is 1. The molecular weight excluding hydrogens is 331 g/mol. The van der Waals surface area contributed by atoms with E-state index in [-0.39, 0.29) is 6.42 Å². The van der Waals surface area contributed by atoms with Crippen molar-refractivity contribution >= 4 is 40.8 Å². The predicted octanol–water partition coefficient (Wildman–Crippen LogP) is 5.29. The van der Waals surface area contributed by atoms with Crippen molar-refractivity contribution in [2.75, 3.05) is 0 Å². The van der Waals surface area contributed by atoms with Gasteiger partial charge in [0.15, 0.2) is 0 Å². The maximum absolute atomic E-state index is 10.6. The molecule has 0 aromatic heterocycles. The number of benzene rings is 2. The van der Waals surface area contributed by atoms with Crippen molar-refractivity contribution in [3.63, 3.8) is 0 Å². The highest BCUT2D eigenvalue weighted by atomic mass is 35.5. The van der Waals surface area contributed by atoms with Crippen molar-refractivity contribution in [3.8, 4) is 11.1 Å². The zero-order valence-corrected chi connectivity index (χ0v) is 13.3. The molecule has 0 amide bonds. The Morgan fingerprint density at radius 2 is 1.67 bits per heavy atom. The van der Waals surface area contributed by atoms with E-state index in [1.54, 1.807) is 12.1 Å². The summed E-state index contributed by atoms with van der Waals surface area (Å²) in [6.07, 6.45) is 0.305. The van der Waals surface area contributed by atoms with Crippen molar-refractivity contribution in [2.24, 2.45) is 0 Å². The van der Waals surface area contributed by atoms with Crippen LogP contribution in [-0.2, 0) is 11.2 Å². The molecule has 0 saturated carbocycles. The number of aliphatic carboxylic acids is 1. The second-order valence-corrected chi connectivity index (χ2v) is 6.13. The molecule has 0 spiro atoms. The number of carboxylic acids is 1. The van der Waals surface area contributed by atoms with Crippen molar-refractivity contribution in [2.45, 2.75) is 18.2 Å². The summed E-state index contributed by atoms with van der Waals surface area (Å²) in [6, 6.07) is 13.2. The lowest BCUT2D eigenvalue weighted by molar-refractivity contribution is -0.137. The summed E-state index contributed by atoms with van der Waals surface area (Å²) in [7, 11) is 0. The van der Waals surface area contributed by atoms with Crippen LogP contribution < -0.4 is 0 Å². The van der Waals surface area contributed by atoms with E-state index < -0.39 is 11.3 Å². The summed E-state index contributed by atoms with van der Waals surface area (Å²) < 4.78 is 0. The topological polar surface area (TPSA) is 37.3 Å². The van der Waals surface area contributed by atoms with Crippen LogP contribution in [0.2, 0.25) is 10.0 Å². The first kappa shape index (κ1) is 16.2. The fourth-order valence-electron chi connectivity index (χ4n) is 2.14. The molecule has 0 aliphatic carbocycles. The molecule has 0 fully saturated rings. The molecule has 110 valence electrons. The maximum atomic E-state index is 10.6. The number of hydrogen-bond donors (Lipinski definition) is 1. The van der Waals surface area contributed by atoms with Gasteiger partial charge in [0.25, 0.3) is 0 Å². The van der Waals surface area contributed by atoms with Gasteiger partial charge in [-0.2, -0.15) is 0 Å². The van der Waals surface area contributed by atoms with Gasteiger partial charge < -0.3 is 5.11 Å². The van der Waals surface area contributed by atoms with Crippen molar-refractivity contribution in [3.05, 3.63) is 58.1 Å². The average Bonchev–Trinajstić information content (AvgIpc) is 2.37. The highest BCUT2D eigenvalue weighted by Crippen LogP contribution is 2.36. The molecule has 2 aromatic carbocycles. The Hall–Kier alpha value is -1.22. The van der Waals surface area contributed by atoms with Gasteiger partial charge >= 0.3 is 5.97 Å². The molecule has 0 bridgehead atoms. The Kier molecular flexibility index (Phi) is 5.51. The van der Waals surface area contributed by atoms with E-state index in [0.29, 0.717) is 16.5 Å². The third kappa shape index (κ3) is 4.37. The molecule has 1 unspecified atom stereocenters. The monoisotopic (exact) mass is 342 g/mol. The Balaban J connectivity index is 2.27. The van der Waals surface area contributed by atoms with E-state index in [0.717, 1.165) is 16.7 Å². The van der Waals surface area contributed by atoms with E-state index >= 15 is 0 Å². The van der Waals surface area contributed by atoms with Gasteiger partial charge in [-0.05, 0) is 29.7 Å². The number of carboxylic acid groups (broad SMARTS) is 1. The number of alkyl halides is 1. The molecule has 0 aliphatic rings. The number of carbonyl (C=O) groups is 1. The van der Waals surface area contributed by atoms with Gasteiger partial charge in [-0.1, -0.05) is 53.5 Å². The Bertz CT molecular complexity index is 618. The first-order chi connectivity index (χ1) is 9.97. The molecule has 0 radical (unpaired) electrons. The van der Waals surface area contributed by atoms with E-state index in [4.69, 9.17) is 39.9 Å². The van der Waals surface area contributed by atoms with Gasteiger partial charge in [0.1, 0.15) is 0 Å². The second-order valence-electron chi connectivity index (χ2n) is 4.70. The summed E-state index contributed by atoms with van der Waals surface area (Å²) in [6.45, 7) is 0. The molecule has 0 aliphatic heterocycles. The summed E-state index contributed by atoms with van der Waals surface area (Å²) in [5.74, 6) is -0.923. The van der Waals surface area contributed by atoms with E-state index in [9.17, 15) is 4.79 Å². The van der Waals surface area contributed by atoms with Crippen LogP contribution in [0.15, 0.2) is 42.5 Å². The lowest BCUT2D eigenvalue weighted by atomic mass is 10.0. The molecule has 21 heavy (non-hydrogen) atoms. The Morgan fingerprint density at radius 1 is 1.10 bits per heavy atom. The van der Waals surface area contributed by atoms with Crippen LogP contribution in [0.5, 0.6) is 0 Å². The first-order valence-electron chi connectivity index (χ1n) is 6.36. The molecule has 2 nitrogen and oxygen atoms in total. The van der Waals surface area contributed by atoms with Gasteiger partial charge in [0, 0.05) is 10.9 Å². The molecule has 0 saturated heterocycles. The minimum atomic E-state index is -0.923. The standard InChI is InChI=1S/C16H13Cl3O2/c17-12(9-15(20)21)6-10-7-13(18)16(14(19)8-10)11-4-2-1-3-5-11/h1-5,7-8,12H,6,9H2,(H,20,21). The lowest BCUT2D eigenvalue weighted by Gasteiger charge is -2.12. The molecule has 2 rings (SSSR count). The fraction of sp³-hybridized carbons (Fsp3) is 0.188. The molecule has 0 heterocycles. The predicted molar refractivity (Wildman–Crippen MR) is 87.5 cm³/mol.